The van der Waals surface area contributed by atoms with Crippen molar-refractivity contribution in [3.8, 4) is 0 Å². The fourth-order valence-electron chi connectivity index (χ4n) is 0.754. The summed E-state index contributed by atoms with van der Waals surface area (Å²) in [7, 11) is 20.6. The number of allylic oxidation sites excluding steroid dienone is 4. The summed E-state index contributed by atoms with van der Waals surface area (Å²) in [6.07, 6.45) is 6.67. The average Bonchev–Trinajstić information content (AvgIpc) is 2.69. The fourth-order valence-corrected chi connectivity index (χ4v) is 6.47. The van der Waals surface area contributed by atoms with Crippen molar-refractivity contribution in [3.63, 3.8) is 0 Å². The first kappa shape index (κ1) is 16.1. The Morgan fingerprint density at radius 1 is 1.27 bits per heavy atom. The van der Waals surface area contributed by atoms with Crippen LogP contribution in [-0.4, -0.2) is 20.5 Å². The van der Waals surface area contributed by atoms with Crippen molar-refractivity contribution in [1.82, 2.24) is 0 Å². The second kappa shape index (κ2) is 8.26. The van der Waals surface area contributed by atoms with Crippen LogP contribution in [0.15, 0.2) is 21.6 Å². The number of halogens is 3. The predicted octanol–water partition coefficient (Wildman–Crippen LogP) is 4.07. The van der Waals surface area contributed by atoms with Crippen LogP contribution in [0.4, 0.5) is 0 Å². The zero-order chi connectivity index (χ0) is 11.9. The summed E-state index contributed by atoms with van der Waals surface area (Å²) in [5, 5.41) is 0. The van der Waals surface area contributed by atoms with Crippen LogP contribution in [0.2, 0.25) is 0 Å². The molecule has 0 fully saturated rings. The molecule has 0 aliphatic heterocycles. The topological polar surface area (TPSA) is 18.5 Å². The van der Waals surface area contributed by atoms with Gasteiger partial charge in [-0.25, -0.2) is 0 Å². The zero-order valence-corrected chi connectivity index (χ0v) is 14.8. The van der Waals surface area contributed by atoms with E-state index in [1.54, 1.807) is 14.2 Å². The number of rotatable bonds is 3. The average molecular weight is 440 g/mol. The van der Waals surface area contributed by atoms with Gasteiger partial charge in [-0.05, 0) is 6.92 Å². The number of ether oxygens (including phenoxy) is 2. The molecule has 0 unspecified atom stereocenters. The van der Waals surface area contributed by atoms with Gasteiger partial charge in [-0.15, -0.1) is 0 Å². The Hall–Kier alpha value is 1.14. The van der Waals surface area contributed by atoms with Gasteiger partial charge >= 0.3 is 70.1 Å². The van der Waals surface area contributed by atoms with Gasteiger partial charge in [0.1, 0.15) is 0 Å². The van der Waals surface area contributed by atoms with Gasteiger partial charge in [0.2, 0.25) is 0 Å². The van der Waals surface area contributed by atoms with E-state index in [1.807, 2.05) is 25.2 Å². The molecule has 0 saturated carbocycles. The number of methoxy groups -OCH3 is 2. The first-order valence-electron chi connectivity index (χ1n) is 4.40. The molecule has 15 heavy (non-hydrogen) atoms. The third-order valence-corrected chi connectivity index (χ3v) is 11.7. The maximum atomic E-state index is 5.78. The molecule has 0 aromatic carbocycles. The van der Waals surface area contributed by atoms with E-state index in [0.717, 1.165) is 9.75 Å². The van der Waals surface area contributed by atoms with Crippen LogP contribution in [0.3, 0.4) is 0 Å². The molecule has 6 heteroatoms. The van der Waals surface area contributed by atoms with Gasteiger partial charge in [-0.2, -0.15) is 0 Å². The summed E-state index contributed by atoms with van der Waals surface area (Å²) in [4.78, 5) is 0. The molecule has 0 saturated heterocycles. The van der Waals surface area contributed by atoms with Crippen molar-refractivity contribution in [2.24, 2.45) is 0 Å². The van der Waals surface area contributed by atoms with Crippen LogP contribution >= 0.6 is 25.7 Å². The summed E-state index contributed by atoms with van der Waals surface area (Å²) in [6, 6.07) is 0. The summed E-state index contributed by atoms with van der Waals surface area (Å²) >= 11 is -3.29. The van der Waals surface area contributed by atoms with Crippen LogP contribution in [0.1, 0.15) is 13.3 Å². The van der Waals surface area contributed by atoms with Crippen molar-refractivity contribution < 1.29 is 25.9 Å². The second-order valence-corrected chi connectivity index (χ2v) is 27.4. The van der Waals surface area contributed by atoms with Crippen molar-refractivity contribution in [1.29, 1.82) is 0 Å². The van der Waals surface area contributed by atoms with E-state index < -0.39 is 16.4 Å². The first-order chi connectivity index (χ1) is 6.91. The Labute approximate surface area is 106 Å². The van der Waals surface area contributed by atoms with Gasteiger partial charge in [0, 0.05) is 14.2 Å². The maximum absolute atomic E-state index is 5.78. The third kappa shape index (κ3) is 7.94. The van der Waals surface area contributed by atoms with Gasteiger partial charge in [0.15, 0.2) is 6.29 Å². The normalized spacial score (nSPS) is 15.0. The van der Waals surface area contributed by atoms with Crippen molar-refractivity contribution in [2.45, 2.75) is 19.6 Å². The Kier molecular flexibility index (Phi) is 8.89. The van der Waals surface area contributed by atoms with E-state index in [9.17, 15) is 0 Å². The molecule has 0 aromatic heterocycles. The van der Waals surface area contributed by atoms with Gasteiger partial charge < -0.3 is 9.47 Å². The molecule has 0 N–H and O–H groups in total. The summed E-state index contributed by atoms with van der Waals surface area (Å²) in [5.74, 6) is 0. The molecule has 0 heterocycles. The van der Waals surface area contributed by atoms with E-state index in [0.29, 0.717) is 0 Å². The van der Waals surface area contributed by atoms with E-state index in [-0.39, 0.29) is 6.29 Å². The minimum absolute atomic E-state index is 0.0648. The molecule has 1 aliphatic rings. The summed E-state index contributed by atoms with van der Waals surface area (Å²) in [6.45, 7) is 1.83. The van der Waals surface area contributed by atoms with Crippen LogP contribution in [0.25, 0.3) is 0 Å². The van der Waals surface area contributed by atoms with Gasteiger partial charge in [-0.1, -0.05) is 0 Å². The summed E-state index contributed by atoms with van der Waals surface area (Å²) in [5.41, 5.74) is 0. The Balaban J connectivity index is 0.000000288. The molecule has 0 atom stereocenters. The van der Waals surface area contributed by atoms with Crippen LogP contribution in [-0.2, 0) is 25.9 Å². The van der Waals surface area contributed by atoms with Crippen molar-refractivity contribution in [3.05, 3.63) is 21.6 Å². The van der Waals surface area contributed by atoms with Crippen LogP contribution in [0.5, 0.6) is 0 Å². The molecule has 88 valence electrons. The van der Waals surface area contributed by atoms with Gasteiger partial charge in [0.05, 0.1) is 0 Å². The molecule has 0 amide bonds. The third-order valence-electron chi connectivity index (χ3n) is 1.80. The molecule has 1 aliphatic carbocycles. The minimum atomic E-state index is -3.29. The van der Waals surface area contributed by atoms with E-state index in [4.69, 9.17) is 25.7 Å². The molecule has 0 radical (unpaired) electrons. The van der Waals surface area contributed by atoms with E-state index >= 15 is 0 Å². The number of hydrogen-bond acceptors (Lipinski definition) is 2. The van der Waals surface area contributed by atoms with Crippen molar-refractivity contribution >= 4 is 25.7 Å². The standard InChI is InChI=1S/C5H5.C4H10O2.3ClH.Hf/c1-2-4-5-3-1;1-4(5-2)6-3;;;;/h1-3H,4H2;4H,1-3H3;3*1H;/q;;;;;+3/p-3. The Morgan fingerprint density at radius 2 is 1.80 bits per heavy atom. The Morgan fingerprint density at radius 3 is 1.93 bits per heavy atom. The van der Waals surface area contributed by atoms with Crippen LogP contribution < -0.4 is 0 Å². The molecule has 2 nitrogen and oxygen atoms in total. The molecule has 0 spiro atoms. The Bertz CT molecular complexity index is 232. The van der Waals surface area contributed by atoms with Crippen LogP contribution in [0, 0.1) is 0 Å². The van der Waals surface area contributed by atoms with Gasteiger partial charge in [-0.3, -0.25) is 0 Å². The molecule has 1 rings (SSSR count). The second-order valence-electron chi connectivity index (χ2n) is 2.86. The predicted molar refractivity (Wildman–Crippen MR) is 62.9 cm³/mol. The quantitative estimate of drug-likeness (QED) is 0.487. The van der Waals surface area contributed by atoms with E-state index in [2.05, 4.69) is 9.47 Å². The fraction of sp³-hybridized carbons (Fsp3) is 0.556. The molecular formula is C9H15Cl3HfO2. The zero-order valence-electron chi connectivity index (χ0n) is 8.97. The monoisotopic (exact) mass is 440 g/mol. The van der Waals surface area contributed by atoms with Crippen molar-refractivity contribution in [2.75, 3.05) is 14.2 Å². The SMILES string of the molecule is COC(C)OC.[Cl][Hf]([Cl])([Cl])[C]1=CC=CC1. The molecular weight excluding hydrogens is 425 g/mol. The number of hydrogen-bond donors (Lipinski definition) is 0. The van der Waals surface area contributed by atoms with E-state index in [1.165, 1.54) is 0 Å². The first-order valence-corrected chi connectivity index (χ1v) is 19.6. The summed E-state index contributed by atoms with van der Waals surface area (Å²) < 4.78 is 10.4. The molecule has 0 bridgehead atoms. The molecule has 0 aromatic rings. The van der Waals surface area contributed by atoms with Gasteiger partial charge in [0.25, 0.3) is 0 Å².